The molecular weight excluding hydrogens is 368 g/mol. The van der Waals surface area contributed by atoms with Crippen LogP contribution in [-0.4, -0.2) is 51.4 Å². The lowest BCUT2D eigenvalue weighted by molar-refractivity contribution is -0.127. The van der Waals surface area contributed by atoms with E-state index in [1.54, 1.807) is 6.20 Å². The number of hydrogen-bond donors (Lipinski definition) is 1. The smallest absolute Gasteiger partial charge is 0.225 e. The second-order valence-corrected chi connectivity index (χ2v) is 8.18. The Morgan fingerprint density at radius 1 is 1.17 bits per heavy atom. The van der Waals surface area contributed by atoms with Gasteiger partial charge >= 0.3 is 0 Å². The number of nitrogens with one attached hydrogen (secondary N) is 1. The summed E-state index contributed by atoms with van der Waals surface area (Å²) in [6.07, 6.45) is 5.09. The summed E-state index contributed by atoms with van der Waals surface area (Å²) in [6, 6.07) is 4.12. The van der Waals surface area contributed by atoms with Crippen LogP contribution in [0.1, 0.15) is 48.9 Å². The molecule has 0 aromatic carbocycles. The van der Waals surface area contributed by atoms with Gasteiger partial charge in [0.1, 0.15) is 6.10 Å². The van der Waals surface area contributed by atoms with Crippen molar-refractivity contribution in [2.45, 2.75) is 51.7 Å². The van der Waals surface area contributed by atoms with Gasteiger partial charge in [0.25, 0.3) is 0 Å². The van der Waals surface area contributed by atoms with Gasteiger partial charge in [-0.1, -0.05) is 0 Å². The summed E-state index contributed by atoms with van der Waals surface area (Å²) >= 11 is 0. The molecule has 29 heavy (non-hydrogen) atoms. The summed E-state index contributed by atoms with van der Waals surface area (Å²) < 4.78 is 7.76. The Bertz CT molecular complexity index is 838. The summed E-state index contributed by atoms with van der Waals surface area (Å²) in [5.41, 5.74) is 3.02. The van der Waals surface area contributed by atoms with E-state index in [-0.39, 0.29) is 24.0 Å². The highest BCUT2D eigenvalue weighted by atomic mass is 16.5. The lowest BCUT2D eigenvalue weighted by Gasteiger charge is -2.34. The van der Waals surface area contributed by atoms with E-state index in [4.69, 9.17) is 4.74 Å². The van der Waals surface area contributed by atoms with Crippen LogP contribution in [-0.2, 0) is 16.6 Å². The Morgan fingerprint density at radius 3 is 2.55 bits per heavy atom. The molecule has 0 saturated carbocycles. The van der Waals surface area contributed by atoms with Crippen molar-refractivity contribution in [3.63, 3.8) is 0 Å². The molecule has 4 heterocycles. The van der Waals surface area contributed by atoms with Crippen LogP contribution in [0.25, 0.3) is 0 Å². The monoisotopic (exact) mass is 398 g/mol. The minimum absolute atomic E-state index is 0.00916. The van der Waals surface area contributed by atoms with Crippen molar-refractivity contribution in [3.8, 4) is 0 Å². The van der Waals surface area contributed by atoms with Gasteiger partial charge < -0.3 is 15.0 Å². The molecule has 2 unspecified atom stereocenters. The van der Waals surface area contributed by atoms with Crippen molar-refractivity contribution >= 4 is 11.9 Å². The van der Waals surface area contributed by atoms with E-state index < -0.39 is 0 Å². The van der Waals surface area contributed by atoms with Crippen LogP contribution in [0.3, 0.4) is 0 Å². The van der Waals surface area contributed by atoms with E-state index in [1.165, 1.54) is 0 Å². The first-order chi connectivity index (χ1) is 14.0. The quantitative estimate of drug-likeness (QED) is 0.849. The van der Waals surface area contributed by atoms with E-state index in [2.05, 4.69) is 25.3 Å². The first-order valence-corrected chi connectivity index (χ1v) is 10.5. The SMILES string of the molecule is Cc1cc(C)nc(N2CCC(C(=O)NC3CCOC(c4ccnn4C)C3)CC2)n1. The minimum Gasteiger partial charge on any atom is -0.372 e. The predicted octanol–water partition coefficient (Wildman–Crippen LogP) is 2.08. The van der Waals surface area contributed by atoms with Gasteiger partial charge in [0.15, 0.2) is 0 Å². The number of amides is 1. The average molecular weight is 399 g/mol. The standard InChI is InChI=1S/C21H30N6O2/c1-14-12-15(2)24-21(23-14)27-9-5-16(6-10-27)20(28)25-17-7-11-29-19(13-17)18-4-8-22-26(18)3/h4,8,12,16-17,19H,5-7,9-11,13H2,1-3H3,(H,25,28). The van der Waals surface area contributed by atoms with E-state index >= 15 is 0 Å². The highest BCUT2D eigenvalue weighted by Crippen LogP contribution is 2.28. The second-order valence-electron chi connectivity index (χ2n) is 8.18. The van der Waals surface area contributed by atoms with Crippen molar-refractivity contribution in [2.24, 2.45) is 13.0 Å². The predicted molar refractivity (Wildman–Crippen MR) is 110 cm³/mol. The molecule has 1 N–H and O–H groups in total. The molecule has 1 amide bonds. The summed E-state index contributed by atoms with van der Waals surface area (Å²) in [6.45, 7) is 6.26. The normalized spacial score (nSPS) is 23.2. The average Bonchev–Trinajstić information content (AvgIpc) is 3.13. The van der Waals surface area contributed by atoms with E-state index in [1.807, 2.05) is 37.7 Å². The summed E-state index contributed by atoms with van der Waals surface area (Å²) in [5.74, 6) is 1.00. The third-order valence-corrected chi connectivity index (χ3v) is 5.94. The van der Waals surface area contributed by atoms with Crippen LogP contribution in [0.15, 0.2) is 18.3 Å². The molecule has 4 rings (SSSR count). The third kappa shape index (κ3) is 4.58. The molecule has 0 spiro atoms. The van der Waals surface area contributed by atoms with Crippen LogP contribution in [0.4, 0.5) is 5.95 Å². The van der Waals surface area contributed by atoms with Gasteiger partial charge in [-0.15, -0.1) is 0 Å². The molecule has 0 aliphatic carbocycles. The third-order valence-electron chi connectivity index (χ3n) is 5.94. The van der Waals surface area contributed by atoms with Crippen molar-refractivity contribution in [1.82, 2.24) is 25.1 Å². The second kappa shape index (κ2) is 8.49. The first kappa shape index (κ1) is 19.8. The number of aryl methyl sites for hydroxylation is 3. The van der Waals surface area contributed by atoms with Gasteiger partial charge in [-0.3, -0.25) is 9.48 Å². The Labute approximate surface area is 171 Å². The van der Waals surface area contributed by atoms with Gasteiger partial charge in [0.2, 0.25) is 11.9 Å². The molecule has 0 radical (unpaired) electrons. The number of ether oxygens (including phenoxy) is 1. The van der Waals surface area contributed by atoms with Gasteiger partial charge in [-0.2, -0.15) is 5.10 Å². The fourth-order valence-corrected chi connectivity index (χ4v) is 4.34. The van der Waals surface area contributed by atoms with Crippen LogP contribution < -0.4 is 10.2 Å². The van der Waals surface area contributed by atoms with Crippen LogP contribution in [0.5, 0.6) is 0 Å². The zero-order valence-corrected chi connectivity index (χ0v) is 17.5. The fourth-order valence-electron chi connectivity index (χ4n) is 4.34. The first-order valence-electron chi connectivity index (χ1n) is 10.5. The van der Waals surface area contributed by atoms with Gasteiger partial charge in [-0.05, 0) is 51.7 Å². The summed E-state index contributed by atoms with van der Waals surface area (Å²) in [4.78, 5) is 24.2. The molecule has 2 aromatic rings. The van der Waals surface area contributed by atoms with Crippen molar-refractivity contribution < 1.29 is 9.53 Å². The molecule has 2 fully saturated rings. The number of hydrogen-bond acceptors (Lipinski definition) is 6. The van der Waals surface area contributed by atoms with Gasteiger partial charge in [0, 0.05) is 56.3 Å². The molecule has 2 saturated heterocycles. The molecular formula is C21H30N6O2. The summed E-state index contributed by atoms with van der Waals surface area (Å²) in [5, 5.41) is 7.50. The Kier molecular flexibility index (Phi) is 5.80. The number of aromatic nitrogens is 4. The number of piperidine rings is 1. The van der Waals surface area contributed by atoms with Crippen LogP contribution in [0.2, 0.25) is 0 Å². The maximum Gasteiger partial charge on any atom is 0.225 e. The topological polar surface area (TPSA) is 85.2 Å². The van der Waals surface area contributed by atoms with E-state index in [0.29, 0.717) is 6.61 Å². The summed E-state index contributed by atoms with van der Waals surface area (Å²) in [7, 11) is 1.92. The maximum atomic E-state index is 12.9. The molecule has 0 bridgehead atoms. The van der Waals surface area contributed by atoms with Gasteiger partial charge in [0.05, 0.1) is 5.69 Å². The highest BCUT2D eigenvalue weighted by molar-refractivity contribution is 5.79. The molecule has 2 aliphatic heterocycles. The van der Waals surface area contributed by atoms with Crippen LogP contribution >= 0.6 is 0 Å². The van der Waals surface area contributed by atoms with Crippen molar-refractivity contribution in [1.29, 1.82) is 0 Å². The molecule has 2 aromatic heterocycles. The number of anilines is 1. The zero-order chi connectivity index (χ0) is 20.4. The van der Waals surface area contributed by atoms with Crippen molar-refractivity contribution in [3.05, 3.63) is 35.4 Å². The van der Waals surface area contributed by atoms with E-state index in [9.17, 15) is 4.79 Å². The lowest BCUT2D eigenvalue weighted by Crippen LogP contribution is -2.46. The Morgan fingerprint density at radius 2 is 1.90 bits per heavy atom. The largest absolute Gasteiger partial charge is 0.372 e. The lowest BCUT2D eigenvalue weighted by atomic mass is 9.94. The van der Waals surface area contributed by atoms with Gasteiger partial charge in [-0.25, -0.2) is 9.97 Å². The van der Waals surface area contributed by atoms with Crippen LogP contribution in [0, 0.1) is 19.8 Å². The molecule has 2 atom stereocenters. The maximum absolute atomic E-state index is 12.9. The zero-order valence-electron chi connectivity index (χ0n) is 17.5. The molecule has 2 aliphatic rings. The number of carbonyl (C=O) groups excluding carboxylic acids is 1. The Balaban J connectivity index is 1.30. The molecule has 8 heteroatoms. The molecule has 156 valence electrons. The Hall–Kier alpha value is -2.48. The highest BCUT2D eigenvalue weighted by Gasteiger charge is 2.31. The van der Waals surface area contributed by atoms with E-state index in [0.717, 1.165) is 61.8 Å². The molecule has 8 nitrogen and oxygen atoms in total. The number of rotatable bonds is 4. The number of nitrogens with zero attached hydrogens (tertiary/aromatic N) is 5. The fraction of sp³-hybridized carbons (Fsp3) is 0.619. The minimum atomic E-state index is -0.00916. The number of carbonyl (C=O) groups is 1. The van der Waals surface area contributed by atoms with Crippen molar-refractivity contribution in [2.75, 3.05) is 24.6 Å².